The molecule has 3 rings (SSSR count). The molecule has 32 heavy (non-hydrogen) atoms. The number of carbonyl (C=O) groups is 1. The SMILES string of the molecule is Cc1ccc(NS(=O)(=O)c2ccc(NC(=O)[C@@H](C)Oc3cccc(C)c3C)cc2)cc1Cl. The highest BCUT2D eigenvalue weighted by molar-refractivity contribution is 7.92. The van der Waals surface area contributed by atoms with Crippen molar-refractivity contribution in [2.75, 3.05) is 10.0 Å². The number of benzene rings is 3. The number of sulfonamides is 1. The van der Waals surface area contributed by atoms with Gasteiger partial charge in [-0.2, -0.15) is 0 Å². The molecule has 0 spiro atoms. The summed E-state index contributed by atoms with van der Waals surface area (Å²) < 4.78 is 33.6. The van der Waals surface area contributed by atoms with Gasteiger partial charge in [0.1, 0.15) is 5.75 Å². The molecule has 1 amide bonds. The lowest BCUT2D eigenvalue weighted by molar-refractivity contribution is -0.122. The average Bonchev–Trinajstić information content (AvgIpc) is 2.74. The molecular weight excluding hydrogens is 448 g/mol. The van der Waals surface area contributed by atoms with Crippen LogP contribution in [0.4, 0.5) is 11.4 Å². The molecule has 8 heteroatoms. The van der Waals surface area contributed by atoms with Gasteiger partial charge in [0.25, 0.3) is 15.9 Å². The lowest BCUT2D eigenvalue weighted by Gasteiger charge is -2.17. The molecule has 6 nitrogen and oxygen atoms in total. The average molecular weight is 473 g/mol. The van der Waals surface area contributed by atoms with Crippen LogP contribution in [-0.4, -0.2) is 20.4 Å². The topological polar surface area (TPSA) is 84.5 Å². The lowest BCUT2D eigenvalue weighted by atomic mass is 10.1. The van der Waals surface area contributed by atoms with Crippen LogP contribution in [0.2, 0.25) is 5.02 Å². The van der Waals surface area contributed by atoms with Gasteiger partial charge in [0, 0.05) is 10.7 Å². The zero-order chi connectivity index (χ0) is 23.5. The summed E-state index contributed by atoms with van der Waals surface area (Å²) in [5.74, 6) is 0.310. The van der Waals surface area contributed by atoms with Crippen LogP contribution in [0.5, 0.6) is 5.75 Å². The molecule has 0 aliphatic heterocycles. The molecule has 3 aromatic carbocycles. The number of rotatable bonds is 7. The predicted molar refractivity (Wildman–Crippen MR) is 128 cm³/mol. The molecule has 1 atom stereocenters. The fraction of sp³-hybridized carbons (Fsp3) is 0.208. The fourth-order valence-corrected chi connectivity index (χ4v) is 4.16. The van der Waals surface area contributed by atoms with Gasteiger partial charge in [0.05, 0.1) is 10.6 Å². The summed E-state index contributed by atoms with van der Waals surface area (Å²) in [4.78, 5) is 12.6. The molecule has 2 N–H and O–H groups in total. The molecule has 0 aliphatic rings. The van der Waals surface area contributed by atoms with Crippen LogP contribution in [0.1, 0.15) is 23.6 Å². The van der Waals surface area contributed by atoms with Crippen LogP contribution in [0, 0.1) is 20.8 Å². The van der Waals surface area contributed by atoms with Crippen LogP contribution in [0.3, 0.4) is 0 Å². The molecule has 0 heterocycles. The smallest absolute Gasteiger partial charge is 0.265 e. The van der Waals surface area contributed by atoms with Crippen LogP contribution >= 0.6 is 11.6 Å². The Bertz CT molecular complexity index is 1240. The standard InChI is InChI=1S/C24H25ClN2O4S/c1-15-6-5-7-23(17(15)3)31-18(4)24(28)26-19-10-12-21(13-11-19)32(29,30)27-20-9-8-16(2)22(25)14-20/h5-14,18,27H,1-4H3,(H,26,28)/t18-/m1/s1. The first-order chi connectivity index (χ1) is 15.1. The minimum absolute atomic E-state index is 0.0619. The maximum Gasteiger partial charge on any atom is 0.265 e. The first kappa shape index (κ1) is 23.6. The molecule has 0 radical (unpaired) electrons. The number of amides is 1. The number of anilines is 2. The van der Waals surface area contributed by atoms with Crippen molar-refractivity contribution < 1.29 is 17.9 Å². The van der Waals surface area contributed by atoms with Crippen LogP contribution < -0.4 is 14.8 Å². The van der Waals surface area contributed by atoms with E-state index in [1.165, 1.54) is 24.3 Å². The number of hydrogen-bond acceptors (Lipinski definition) is 4. The van der Waals surface area contributed by atoms with E-state index >= 15 is 0 Å². The van der Waals surface area contributed by atoms with Crippen molar-refractivity contribution in [2.45, 2.75) is 38.7 Å². The summed E-state index contributed by atoms with van der Waals surface area (Å²) in [5, 5.41) is 3.21. The van der Waals surface area contributed by atoms with Crippen molar-refractivity contribution in [3.05, 3.63) is 82.4 Å². The summed E-state index contributed by atoms with van der Waals surface area (Å²) in [6, 6.07) is 16.5. The molecule has 0 unspecified atom stereocenters. The summed E-state index contributed by atoms with van der Waals surface area (Å²) >= 11 is 6.07. The largest absolute Gasteiger partial charge is 0.481 e. The van der Waals surface area contributed by atoms with Crippen LogP contribution in [0.15, 0.2) is 65.6 Å². The van der Waals surface area contributed by atoms with Crippen molar-refractivity contribution in [1.82, 2.24) is 0 Å². The van der Waals surface area contributed by atoms with E-state index in [0.29, 0.717) is 22.1 Å². The third-order valence-corrected chi connectivity index (χ3v) is 6.89. The second-order valence-corrected chi connectivity index (χ2v) is 9.63. The maximum atomic E-state index is 12.6. The number of carbonyl (C=O) groups excluding carboxylic acids is 1. The molecule has 0 aromatic heterocycles. The van der Waals surface area contributed by atoms with Gasteiger partial charge in [0.2, 0.25) is 0 Å². The fourth-order valence-electron chi connectivity index (χ4n) is 2.93. The van der Waals surface area contributed by atoms with Crippen molar-refractivity contribution in [2.24, 2.45) is 0 Å². The minimum Gasteiger partial charge on any atom is -0.481 e. The Morgan fingerprint density at radius 3 is 2.25 bits per heavy atom. The highest BCUT2D eigenvalue weighted by atomic mass is 35.5. The summed E-state index contributed by atoms with van der Waals surface area (Å²) in [6.07, 6.45) is -0.730. The molecule has 0 saturated heterocycles. The summed E-state index contributed by atoms with van der Waals surface area (Å²) in [7, 11) is -3.80. The Kier molecular flexibility index (Phi) is 7.11. The third-order valence-electron chi connectivity index (χ3n) is 5.08. The zero-order valence-corrected chi connectivity index (χ0v) is 19.8. The number of halogens is 1. The van der Waals surface area contributed by atoms with Crippen molar-refractivity contribution >= 4 is 38.9 Å². The second kappa shape index (κ2) is 9.63. The third kappa shape index (κ3) is 5.60. The Balaban J connectivity index is 1.66. The van der Waals surface area contributed by atoms with Crippen molar-refractivity contribution in [3.63, 3.8) is 0 Å². The van der Waals surface area contributed by atoms with E-state index in [1.54, 1.807) is 25.1 Å². The molecule has 0 aliphatic carbocycles. The van der Waals surface area contributed by atoms with E-state index in [4.69, 9.17) is 16.3 Å². The van der Waals surface area contributed by atoms with E-state index < -0.39 is 16.1 Å². The predicted octanol–water partition coefficient (Wildman–Crippen LogP) is 5.47. The normalized spacial score (nSPS) is 12.2. The van der Waals surface area contributed by atoms with Gasteiger partial charge in [0.15, 0.2) is 6.10 Å². The second-order valence-electron chi connectivity index (χ2n) is 7.54. The van der Waals surface area contributed by atoms with E-state index in [9.17, 15) is 13.2 Å². The maximum absolute atomic E-state index is 12.6. The Hall–Kier alpha value is -3.03. The summed E-state index contributed by atoms with van der Waals surface area (Å²) in [6.45, 7) is 7.41. The number of hydrogen-bond donors (Lipinski definition) is 2. The van der Waals surface area contributed by atoms with Gasteiger partial charge in [-0.05, 0) is 86.8 Å². The van der Waals surface area contributed by atoms with E-state index in [1.807, 2.05) is 39.0 Å². The number of ether oxygens (including phenoxy) is 1. The van der Waals surface area contributed by atoms with E-state index in [-0.39, 0.29) is 10.8 Å². The molecule has 3 aromatic rings. The quantitative estimate of drug-likeness (QED) is 0.477. The molecule has 0 fully saturated rings. The van der Waals surface area contributed by atoms with Crippen LogP contribution in [0.25, 0.3) is 0 Å². The summed E-state index contributed by atoms with van der Waals surface area (Å²) in [5.41, 5.74) is 3.74. The Morgan fingerprint density at radius 2 is 1.59 bits per heavy atom. The van der Waals surface area contributed by atoms with E-state index in [2.05, 4.69) is 10.0 Å². The molecular formula is C24H25ClN2O4S. The molecule has 168 valence electrons. The van der Waals surface area contributed by atoms with Gasteiger partial charge in [-0.3, -0.25) is 9.52 Å². The first-order valence-corrected chi connectivity index (χ1v) is 11.9. The van der Waals surface area contributed by atoms with Crippen molar-refractivity contribution in [3.8, 4) is 5.75 Å². The zero-order valence-electron chi connectivity index (χ0n) is 18.3. The number of nitrogens with one attached hydrogen (secondary N) is 2. The lowest BCUT2D eigenvalue weighted by Crippen LogP contribution is -2.30. The Morgan fingerprint density at radius 1 is 0.938 bits per heavy atom. The highest BCUT2D eigenvalue weighted by Gasteiger charge is 2.18. The van der Waals surface area contributed by atoms with Gasteiger partial charge >= 0.3 is 0 Å². The highest BCUT2D eigenvalue weighted by Crippen LogP contribution is 2.24. The van der Waals surface area contributed by atoms with Gasteiger partial charge in [-0.1, -0.05) is 29.8 Å². The van der Waals surface area contributed by atoms with Gasteiger partial charge < -0.3 is 10.1 Å². The van der Waals surface area contributed by atoms with Gasteiger partial charge in [-0.15, -0.1) is 0 Å². The van der Waals surface area contributed by atoms with Crippen LogP contribution in [-0.2, 0) is 14.8 Å². The number of aryl methyl sites for hydroxylation is 2. The van der Waals surface area contributed by atoms with Gasteiger partial charge in [-0.25, -0.2) is 8.42 Å². The minimum atomic E-state index is -3.80. The monoisotopic (exact) mass is 472 g/mol. The molecule has 0 bridgehead atoms. The Labute approximate surface area is 193 Å². The van der Waals surface area contributed by atoms with Crippen molar-refractivity contribution in [1.29, 1.82) is 0 Å². The first-order valence-electron chi connectivity index (χ1n) is 9.99. The molecule has 0 saturated carbocycles. The van der Waals surface area contributed by atoms with E-state index in [0.717, 1.165) is 16.7 Å².